The number of hydrogen-bond donors (Lipinski definition) is 4. The molecule has 1 aliphatic carbocycles. The van der Waals surface area contributed by atoms with Crippen LogP contribution in [0.25, 0.3) is 5.69 Å². The van der Waals surface area contributed by atoms with E-state index < -0.39 is 11.9 Å². The summed E-state index contributed by atoms with van der Waals surface area (Å²) in [6.45, 7) is 5.15. The summed E-state index contributed by atoms with van der Waals surface area (Å²) in [6.07, 6.45) is 9.49. The number of nitrogens with one attached hydrogen (secondary N) is 4. The molecule has 3 aliphatic heterocycles. The van der Waals surface area contributed by atoms with Crippen molar-refractivity contribution in [2.75, 3.05) is 82.0 Å². The number of ether oxygens (including phenoxy) is 5. The molecule has 0 spiro atoms. The lowest BCUT2D eigenvalue weighted by atomic mass is 10.0. The summed E-state index contributed by atoms with van der Waals surface area (Å²) in [5.74, 6) is 0.945. The molecule has 4 aromatic rings. The predicted octanol–water partition coefficient (Wildman–Crippen LogP) is 3.61. The second-order valence-electron chi connectivity index (χ2n) is 16.5. The minimum Gasteiger partial charge on any atom is -0.495 e. The standard InChI is InChI=1S/C46H57N11O10/c1-3-35-42-54-49-28-56(42)37-26-48-46(53-41(37)57(35)30-7-4-5-8-30)51-34-12-11-29(25-38(34)63-2)43(60)47-16-18-65-20-22-67-24-23-66-21-19-64-17-15-40(59)50-33-10-6-9-31-32(33)27-55(45(31)62)36-13-14-39(58)52-44(36)61/h6,9-12,25-26,28,30,35-36H,3-5,7-8,13-24,27H2,1-2H3,(H,47,60)(H,50,59)(H,48,51,53)(H,52,58,61)/t35-,36?/m1/s1. The monoisotopic (exact) mass is 923 g/mol. The minimum atomic E-state index is -0.734. The fourth-order valence-corrected chi connectivity index (χ4v) is 8.94. The molecule has 5 amide bonds. The third kappa shape index (κ3) is 11.0. The van der Waals surface area contributed by atoms with Gasteiger partial charge in [0.15, 0.2) is 11.6 Å². The second kappa shape index (κ2) is 22.3. The number of nitrogens with zero attached hydrogens (tertiary/aromatic N) is 7. The largest absolute Gasteiger partial charge is 0.495 e. The molecule has 21 heteroatoms. The van der Waals surface area contributed by atoms with Gasteiger partial charge >= 0.3 is 0 Å². The van der Waals surface area contributed by atoms with Crippen molar-refractivity contribution in [2.24, 2.45) is 0 Å². The molecule has 67 heavy (non-hydrogen) atoms. The van der Waals surface area contributed by atoms with Crippen molar-refractivity contribution in [2.45, 2.75) is 83.0 Å². The van der Waals surface area contributed by atoms with Crippen molar-refractivity contribution in [1.29, 1.82) is 0 Å². The Morgan fingerprint density at radius 1 is 0.896 bits per heavy atom. The number of piperidine rings is 1. The quantitative estimate of drug-likeness (QED) is 0.0614. The maximum absolute atomic E-state index is 13.0. The van der Waals surface area contributed by atoms with Crippen molar-refractivity contribution in [3.8, 4) is 11.4 Å². The van der Waals surface area contributed by atoms with Gasteiger partial charge in [-0.1, -0.05) is 25.8 Å². The number of carbonyl (C=O) groups is 5. The van der Waals surface area contributed by atoms with Gasteiger partial charge in [-0.3, -0.25) is 33.9 Å². The predicted molar refractivity (Wildman–Crippen MR) is 242 cm³/mol. The zero-order chi connectivity index (χ0) is 46.7. The Balaban J connectivity index is 0.669. The number of rotatable bonds is 23. The van der Waals surface area contributed by atoms with Gasteiger partial charge in [0, 0.05) is 47.9 Å². The summed E-state index contributed by atoms with van der Waals surface area (Å²) in [7, 11) is 1.55. The van der Waals surface area contributed by atoms with Crippen LogP contribution in [0.15, 0.2) is 48.9 Å². The number of imide groups is 1. The van der Waals surface area contributed by atoms with Crippen LogP contribution in [-0.2, 0) is 39.9 Å². The highest BCUT2D eigenvalue weighted by Gasteiger charge is 2.41. The molecule has 2 atom stereocenters. The van der Waals surface area contributed by atoms with Gasteiger partial charge in [-0.2, -0.15) is 4.98 Å². The molecule has 4 aliphatic rings. The van der Waals surface area contributed by atoms with Crippen LogP contribution in [0.5, 0.6) is 5.75 Å². The average molecular weight is 924 g/mol. The van der Waals surface area contributed by atoms with Crippen molar-refractivity contribution in [3.05, 3.63) is 71.4 Å². The summed E-state index contributed by atoms with van der Waals surface area (Å²) in [4.78, 5) is 76.1. The van der Waals surface area contributed by atoms with Gasteiger partial charge in [0.05, 0.1) is 84.3 Å². The summed E-state index contributed by atoms with van der Waals surface area (Å²) in [5.41, 5.74) is 3.46. The lowest BCUT2D eigenvalue weighted by Gasteiger charge is -2.40. The Labute approximate surface area is 387 Å². The minimum absolute atomic E-state index is 0.0624. The van der Waals surface area contributed by atoms with Gasteiger partial charge in [-0.15, -0.1) is 10.2 Å². The molecule has 4 N–H and O–H groups in total. The van der Waals surface area contributed by atoms with Crippen LogP contribution in [0.2, 0.25) is 0 Å². The molecular weight excluding hydrogens is 867 g/mol. The zero-order valence-electron chi connectivity index (χ0n) is 37.8. The molecule has 0 radical (unpaired) electrons. The highest BCUT2D eigenvalue weighted by molar-refractivity contribution is 6.07. The normalized spacial score (nSPS) is 17.8. The van der Waals surface area contributed by atoms with Crippen LogP contribution in [-0.4, -0.2) is 138 Å². The lowest BCUT2D eigenvalue weighted by Crippen LogP contribution is -2.52. The van der Waals surface area contributed by atoms with Crippen molar-refractivity contribution in [3.63, 3.8) is 0 Å². The van der Waals surface area contributed by atoms with Crippen LogP contribution >= 0.6 is 0 Å². The third-order valence-electron chi connectivity index (χ3n) is 12.3. The van der Waals surface area contributed by atoms with E-state index >= 15 is 0 Å². The molecule has 356 valence electrons. The lowest BCUT2D eigenvalue weighted by molar-refractivity contribution is -0.137. The maximum atomic E-state index is 13.0. The average Bonchev–Trinajstić information content (AvgIpc) is 4.12. The van der Waals surface area contributed by atoms with Crippen molar-refractivity contribution >= 4 is 52.7 Å². The third-order valence-corrected chi connectivity index (χ3v) is 12.3. The maximum Gasteiger partial charge on any atom is 0.255 e. The molecular formula is C46H57N11O10. The molecule has 8 rings (SSSR count). The summed E-state index contributed by atoms with van der Waals surface area (Å²) >= 11 is 0. The Hall–Kier alpha value is -6.55. The van der Waals surface area contributed by atoms with E-state index in [-0.39, 0.29) is 62.1 Å². The molecule has 21 nitrogen and oxygen atoms in total. The Bertz CT molecular complexity index is 2420. The number of aromatic nitrogens is 5. The number of benzene rings is 2. The van der Waals surface area contributed by atoms with Gasteiger partial charge in [-0.25, -0.2) is 4.98 Å². The zero-order valence-corrected chi connectivity index (χ0v) is 37.8. The first-order valence-corrected chi connectivity index (χ1v) is 22.9. The van der Waals surface area contributed by atoms with Gasteiger partial charge in [0.1, 0.15) is 23.8 Å². The highest BCUT2D eigenvalue weighted by atomic mass is 16.6. The molecule has 2 fully saturated rings. The fourth-order valence-electron chi connectivity index (χ4n) is 8.94. The second-order valence-corrected chi connectivity index (χ2v) is 16.5. The number of amides is 5. The first kappa shape index (κ1) is 47.0. The summed E-state index contributed by atoms with van der Waals surface area (Å²) in [5, 5.41) is 20.0. The molecule has 5 heterocycles. The van der Waals surface area contributed by atoms with E-state index in [2.05, 4.69) is 48.3 Å². The van der Waals surface area contributed by atoms with E-state index in [0.717, 1.165) is 36.6 Å². The van der Waals surface area contributed by atoms with Crippen LogP contribution in [0.3, 0.4) is 0 Å². The summed E-state index contributed by atoms with van der Waals surface area (Å²) in [6, 6.07) is 9.91. The van der Waals surface area contributed by atoms with Crippen LogP contribution in [0.1, 0.15) is 96.4 Å². The van der Waals surface area contributed by atoms with Crippen molar-refractivity contribution in [1.82, 2.24) is 40.3 Å². The van der Waals surface area contributed by atoms with Crippen LogP contribution in [0, 0.1) is 0 Å². The molecule has 1 unspecified atom stereocenters. The number of anilines is 4. The molecule has 1 saturated carbocycles. The van der Waals surface area contributed by atoms with Crippen LogP contribution in [0.4, 0.5) is 23.1 Å². The van der Waals surface area contributed by atoms with E-state index in [1.807, 2.05) is 4.57 Å². The van der Waals surface area contributed by atoms with E-state index in [9.17, 15) is 24.0 Å². The summed E-state index contributed by atoms with van der Waals surface area (Å²) < 4.78 is 29.9. The van der Waals surface area contributed by atoms with Gasteiger partial charge in [0.25, 0.3) is 11.8 Å². The Morgan fingerprint density at radius 3 is 2.37 bits per heavy atom. The number of carbonyl (C=O) groups excluding carboxylic acids is 5. The van der Waals surface area contributed by atoms with E-state index in [1.165, 1.54) is 17.7 Å². The molecule has 1 saturated heterocycles. The van der Waals surface area contributed by atoms with Crippen molar-refractivity contribution < 1.29 is 47.7 Å². The molecule has 2 aromatic heterocycles. The molecule has 2 aromatic carbocycles. The number of methoxy groups -OCH3 is 1. The van der Waals surface area contributed by atoms with Gasteiger partial charge < -0.3 is 49.4 Å². The van der Waals surface area contributed by atoms with Gasteiger partial charge in [0.2, 0.25) is 23.7 Å². The van der Waals surface area contributed by atoms with E-state index in [1.54, 1.807) is 56.0 Å². The number of hydrogen-bond acceptors (Lipinski definition) is 16. The SMILES string of the molecule is CC[C@@H]1c2nncn2-c2cnc(Nc3ccc(C(=O)NCCOCCOCCOCCOCCC(=O)Nc4cccc5c4CN(C4CCC(=O)NC4=O)C5=O)cc3OC)nc2N1C1CCCC1. The Kier molecular flexibility index (Phi) is 15.6. The molecule has 0 bridgehead atoms. The topological polar surface area (TPSA) is 243 Å². The van der Waals surface area contributed by atoms with Crippen LogP contribution < -0.4 is 30.9 Å². The first-order chi connectivity index (χ1) is 32.7. The first-order valence-electron chi connectivity index (χ1n) is 22.9. The van der Waals surface area contributed by atoms with Gasteiger partial charge in [-0.05, 0) is 56.0 Å². The fraction of sp³-hybridized carbons (Fsp3) is 0.500. The smallest absolute Gasteiger partial charge is 0.255 e. The number of fused-ring (bicyclic) bond motifs is 4. The van der Waals surface area contributed by atoms with E-state index in [0.29, 0.717) is 98.6 Å². The highest BCUT2D eigenvalue weighted by Crippen LogP contribution is 2.43. The Morgan fingerprint density at radius 2 is 1.64 bits per heavy atom. The van der Waals surface area contributed by atoms with E-state index in [4.69, 9.17) is 28.7 Å².